The van der Waals surface area contributed by atoms with E-state index in [0.29, 0.717) is 21.6 Å². The van der Waals surface area contributed by atoms with Crippen LogP contribution in [0.1, 0.15) is 34.6 Å². The largest absolute Gasteiger partial charge is 1.00 e. The summed E-state index contributed by atoms with van der Waals surface area (Å²) >= 11 is 12.2. The second-order valence-electron chi connectivity index (χ2n) is 6.69. The molecule has 0 bridgehead atoms. The maximum Gasteiger partial charge on any atom is 1.00 e. The Morgan fingerprint density at radius 3 is 2.41 bits per heavy atom. The number of carbonyl (C=O) groups is 3. The zero-order valence-electron chi connectivity index (χ0n) is 17.2. The summed E-state index contributed by atoms with van der Waals surface area (Å²) in [6.45, 7) is 1.77. The zero-order chi connectivity index (χ0) is 22.7. The van der Waals surface area contributed by atoms with Crippen LogP contribution >= 0.6 is 23.2 Å². The predicted molar refractivity (Wildman–Crippen MR) is 118 cm³/mol. The topological polar surface area (TPSA) is 140 Å². The number of urea groups is 1. The van der Waals surface area contributed by atoms with Crippen molar-refractivity contribution in [1.82, 2.24) is 10.3 Å². The first kappa shape index (κ1) is 25.8. The molecule has 11 heteroatoms. The molecule has 1 heterocycles. The Morgan fingerprint density at radius 2 is 1.81 bits per heavy atom. The minimum Gasteiger partial charge on any atom is -0.543 e. The van der Waals surface area contributed by atoms with Gasteiger partial charge in [-0.25, -0.2) is 4.79 Å². The van der Waals surface area contributed by atoms with Gasteiger partial charge in [0.05, 0.1) is 22.7 Å². The van der Waals surface area contributed by atoms with Gasteiger partial charge in [0.1, 0.15) is 0 Å². The van der Waals surface area contributed by atoms with E-state index in [9.17, 15) is 19.5 Å². The van der Waals surface area contributed by atoms with Crippen molar-refractivity contribution in [3.05, 3.63) is 69.3 Å². The molecule has 1 atom stereocenters. The van der Waals surface area contributed by atoms with Crippen LogP contribution in [0.15, 0.2) is 42.5 Å². The van der Waals surface area contributed by atoms with Gasteiger partial charge in [-0.05, 0) is 42.8 Å². The Bertz CT molecular complexity index is 1210. The summed E-state index contributed by atoms with van der Waals surface area (Å²) in [5, 5.41) is 17.7. The van der Waals surface area contributed by atoms with E-state index in [2.05, 4.69) is 15.6 Å². The van der Waals surface area contributed by atoms with Gasteiger partial charge in [-0.3, -0.25) is 4.79 Å². The van der Waals surface area contributed by atoms with Gasteiger partial charge in [-0.2, -0.15) is 0 Å². The smallest absolute Gasteiger partial charge is 0.543 e. The molecule has 8 nitrogen and oxygen atoms in total. The number of aromatic amines is 1. The van der Waals surface area contributed by atoms with E-state index in [1.165, 1.54) is 24.3 Å². The number of H-pyrrole nitrogens is 1. The van der Waals surface area contributed by atoms with E-state index in [4.69, 9.17) is 28.9 Å². The number of amides is 3. The number of carboxylic acids is 1. The normalized spacial score (nSPS) is 11.7. The molecule has 0 saturated heterocycles. The molecular formula is C21H17Cl2N4NaO4. The Morgan fingerprint density at radius 1 is 1.16 bits per heavy atom. The second kappa shape index (κ2) is 10.9. The van der Waals surface area contributed by atoms with Crippen molar-refractivity contribution in [1.29, 1.82) is 0 Å². The van der Waals surface area contributed by atoms with Crippen molar-refractivity contribution in [3.8, 4) is 0 Å². The van der Waals surface area contributed by atoms with E-state index in [1.807, 2.05) is 0 Å². The third-order valence-corrected chi connectivity index (χ3v) is 5.01. The molecule has 3 rings (SSSR count). The molecule has 0 aliphatic heterocycles. The first-order valence-corrected chi connectivity index (χ1v) is 9.78. The maximum absolute atomic E-state index is 12.3. The number of halogens is 2. The number of nitrogens with one attached hydrogen (secondary N) is 3. The fourth-order valence-corrected chi connectivity index (χ4v) is 3.69. The molecule has 0 unspecified atom stereocenters. The summed E-state index contributed by atoms with van der Waals surface area (Å²) in [5.74, 6) is -1.93. The standard InChI is InChI=1S/C21H18Cl2N4O4.Na/c1-10(25-21(24)31)11-2-4-13(5-3-11)26-17(28)7-6-14-18-15(23)8-12(22)9-16(18)27-19(14)20(29)30;/h2-10,27H,1H3,(H,26,28)(H,29,30)(H3,24,25,31);/q;+1/p-1/b7-6+;/t10-;/m0./s1. The number of hydrogen-bond donors (Lipinski definition) is 4. The quantitative estimate of drug-likeness (QED) is 0.294. The summed E-state index contributed by atoms with van der Waals surface area (Å²) in [6, 6.07) is 8.88. The Hall–Kier alpha value is -2.49. The number of nitrogens with two attached hydrogens (primary N) is 1. The van der Waals surface area contributed by atoms with Crippen molar-refractivity contribution in [2.24, 2.45) is 5.73 Å². The maximum atomic E-state index is 12.3. The fraction of sp³-hybridized carbons (Fsp3) is 0.0952. The molecule has 0 fully saturated rings. The number of carboxylic acid groups (broad SMARTS) is 1. The average Bonchev–Trinajstić information content (AvgIpc) is 3.05. The van der Waals surface area contributed by atoms with Gasteiger partial charge < -0.3 is 31.3 Å². The van der Waals surface area contributed by atoms with Crippen molar-refractivity contribution in [2.75, 3.05) is 5.32 Å². The molecule has 1 aromatic heterocycles. The third kappa shape index (κ3) is 6.05. The van der Waals surface area contributed by atoms with E-state index >= 15 is 0 Å². The fourth-order valence-electron chi connectivity index (χ4n) is 3.10. The Balaban J connectivity index is 0.00000363. The van der Waals surface area contributed by atoms with Crippen LogP contribution in [0.3, 0.4) is 0 Å². The van der Waals surface area contributed by atoms with Crippen LogP contribution in [0, 0.1) is 0 Å². The molecule has 3 amide bonds. The third-order valence-electron chi connectivity index (χ3n) is 4.50. The van der Waals surface area contributed by atoms with Crippen LogP contribution in [0.2, 0.25) is 10.0 Å². The van der Waals surface area contributed by atoms with Crippen molar-refractivity contribution >= 4 is 63.8 Å². The van der Waals surface area contributed by atoms with E-state index in [1.54, 1.807) is 31.2 Å². The molecule has 0 saturated carbocycles. The van der Waals surface area contributed by atoms with Gasteiger partial charge in [0, 0.05) is 33.3 Å². The van der Waals surface area contributed by atoms with Gasteiger partial charge >= 0.3 is 35.6 Å². The first-order chi connectivity index (χ1) is 14.7. The number of aromatic nitrogens is 1. The van der Waals surface area contributed by atoms with Gasteiger partial charge in [-0.1, -0.05) is 35.3 Å². The molecule has 0 radical (unpaired) electrons. The van der Waals surface area contributed by atoms with Crippen LogP contribution in [0.5, 0.6) is 0 Å². The van der Waals surface area contributed by atoms with Crippen molar-refractivity contribution in [3.63, 3.8) is 0 Å². The van der Waals surface area contributed by atoms with Gasteiger partial charge in [-0.15, -0.1) is 0 Å². The number of carbonyl (C=O) groups excluding carboxylic acids is 3. The van der Waals surface area contributed by atoms with Crippen LogP contribution < -0.4 is 51.0 Å². The van der Waals surface area contributed by atoms with Gasteiger partial charge in [0.2, 0.25) is 5.91 Å². The summed E-state index contributed by atoms with van der Waals surface area (Å²) in [6.07, 6.45) is 2.53. The molecule has 0 aliphatic rings. The molecule has 0 aliphatic carbocycles. The molecule has 32 heavy (non-hydrogen) atoms. The Labute approximate surface area is 215 Å². The summed E-state index contributed by atoms with van der Waals surface area (Å²) in [7, 11) is 0. The number of anilines is 1. The minimum atomic E-state index is -1.45. The average molecular weight is 483 g/mol. The van der Waals surface area contributed by atoms with Crippen molar-refractivity contribution < 1.29 is 49.0 Å². The number of rotatable bonds is 6. The summed E-state index contributed by atoms with van der Waals surface area (Å²) < 4.78 is 0. The SMILES string of the molecule is C[C@H](NC(N)=O)c1ccc(NC(=O)/C=C/c2c(C(=O)[O-])[nH]c3cc(Cl)cc(Cl)c23)cc1.[Na+]. The van der Waals surface area contributed by atoms with Gasteiger partial charge in [0.25, 0.3) is 0 Å². The van der Waals surface area contributed by atoms with E-state index < -0.39 is 17.9 Å². The predicted octanol–water partition coefficient (Wildman–Crippen LogP) is 0.223. The number of aromatic carboxylic acids is 1. The molecule has 0 spiro atoms. The number of primary amides is 1. The van der Waals surface area contributed by atoms with E-state index in [-0.39, 0.29) is 51.9 Å². The first-order valence-electron chi connectivity index (χ1n) is 9.02. The molecule has 2 aromatic carbocycles. The second-order valence-corrected chi connectivity index (χ2v) is 7.53. The van der Waals surface area contributed by atoms with Gasteiger partial charge in [0.15, 0.2) is 0 Å². The summed E-state index contributed by atoms with van der Waals surface area (Å²) in [4.78, 5) is 37.5. The van der Waals surface area contributed by atoms with Crippen LogP contribution in [0.4, 0.5) is 10.5 Å². The molecular weight excluding hydrogens is 466 g/mol. The number of fused-ring (bicyclic) bond motifs is 1. The molecule has 160 valence electrons. The number of hydrogen-bond acceptors (Lipinski definition) is 4. The molecule has 5 N–H and O–H groups in total. The van der Waals surface area contributed by atoms with E-state index in [0.717, 1.165) is 5.56 Å². The van der Waals surface area contributed by atoms with Crippen LogP contribution in [-0.2, 0) is 4.79 Å². The van der Waals surface area contributed by atoms with Crippen molar-refractivity contribution in [2.45, 2.75) is 13.0 Å². The zero-order valence-corrected chi connectivity index (χ0v) is 20.7. The molecule has 3 aromatic rings. The van der Waals surface area contributed by atoms with Crippen LogP contribution in [0.25, 0.3) is 17.0 Å². The Kier molecular flexibility index (Phi) is 8.77. The monoisotopic (exact) mass is 482 g/mol. The number of benzene rings is 2. The summed E-state index contributed by atoms with van der Waals surface area (Å²) in [5.41, 5.74) is 6.81. The minimum absolute atomic E-state index is 0. The van der Waals surface area contributed by atoms with Crippen LogP contribution in [-0.4, -0.2) is 22.9 Å².